The zero-order chi connectivity index (χ0) is 21.3. The second-order valence-corrected chi connectivity index (χ2v) is 6.62. The number of carbonyl (C=O) groups excluding carboxylic acids is 2. The summed E-state index contributed by atoms with van der Waals surface area (Å²) < 4.78 is 6.64. The van der Waals surface area contributed by atoms with Crippen molar-refractivity contribution in [3.8, 4) is 5.69 Å². The van der Waals surface area contributed by atoms with Crippen molar-refractivity contribution < 1.29 is 14.3 Å². The lowest BCUT2D eigenvalue weighted by Crippen LogP contribution is -2.12. The number of hydrogen-bond donors (Lipinski definition) is 3. The number of nitrogens with one attached hydrogen (secondary N) is 3. The van der Waals surface area contributed by atoms with Gasteiger partial charge in [-0.15, -0.1) is 0 Å². The molecule has 0 aliphatic rings. The van der Waals surface area contributed by atoms with E-state index in [2.05, 4.69) is 20.4 Å². The van der Waals surface area contributed by atoms with E-state index in [9.17, 15) is 14.4 Å². The number of benzene rings is 2. The first-order valence-electron chi connectivity index (χ1n) is 9.32. The molecule has 2 heterocycles. The molecule has 1 amide bonds. The standard InChI is InChI=1S/C21H19N5O4/c1-3-30-20(28)16-11-22-26(12(16)2)15-7-4-13(5-8-15)19(27)23-14-6-9-17-18(10-14)25-21(29)24-17/h4-11H,3H2,1-2H3,(H,23,27)(H2,24,25,29). The second kappa shape index (κ2) is 7.70. The van der Waals surface area contributed by atoms with Crippen molar-refractivity contribution in [1.82, 2.24) is 19.7 Å². The van der Waals surface area contributed by atoms with Crippen molar-refractivity contribution >= 4 is 28.6 Å². The maximum Gasteiger partial charge on any atom is 0.341 e. The highest BCUT2D eigenvalue weighted by atomic mass is 16.5. The zero-order valence-electron chi connectivity index (χ0n) is 16.4. The summed E-state index contributed by atoms with van der Waals surface area (Å²) in [5.41, 5.74) is 3.76. The number of aromatic amines is 2. The van der Waals surface area contributed by atoms with E-state index in [4.69, 9.17) is 4.74 Å². The molecule has 0 fully saturated rings. The molecule has 0 aliphatic carbocycles. The summed E-state index contributed by atoms with van der Waals surface area (Å²) in [7, 11) is 0. The minimum Gasteiger partial charge on any atom is -0.462 e. The van der Waals surface area contributed by atoms with Gasteiger partial charge >= 0.3 is 11.7 Å². The molecule has 0 saturated heterocycles. The monoisotopic (exact) mass is 405 g/mol. The maximum atomic E-state index is 12.6. The van der Waals surface area contributed by atoms with Gasteiger partial charge in [-0.1, -0.05) is 0 Å². The number of hydrogen-bond acceptors (Lipinski definition) is 5. The molecule has 4 rings (SSSR count). The lowest BCUT2D eigenvalue weighted by Gasteiger charge is -2.08. The number of imidazole rings is 1. The Morgan fingerprint density at radius 2 is 1.83 bits per heavy atom. The van der Waals surface area contributed by atoms with Crippen molar-refractivity contribution in [1.29, 1.82) is 0 Å². The highest BCUT2D eigenvalue weighted by molar-refractivity contribution is 6.05. The smallest absolute Gasteiger partial charge is 0.341 e. The van der Waals surface area contributed by atoms with Crippen molar-refractivity contribution in [3.63, 3.8) is 0 Å². The maximum absolute atomic E-state index is 12.6. The molecule has 0 unspecified atom stereocenters. The van der Waals surface area contributed by atoms with Gasteiger partial charge in [0.2, 0.25) is 0 Å². The van der Waals surface area contributed by atoms with E-state index in [0.717, 1.165) is 0 Å². The minimum absolute atomic E-state index is 0.289. The summed E-state index contributed by atoms with van der Waals surface area (Å²) in [5.74, 6) is -0.707. The van der Waals surface area contributed by atoms with Gasteiger partial charge in [0.15, 0.2) is 0 Å². The SMILES string of the molecule is CCOC(=O)c1cnn(-c2ccc(C(=O)Nc3ccc4[nH]c(=O)[nH]c4c3)cc2)c1C. The molecule has 152 valence electrons. The molecule has 3 N–H and O–H groups in total. The number of anilines is 1. The molecule has 9 nitrogen and oxygen atoms in total. The summed E-state index contributed by atoms with van der Waals surface area (Å²) in [6, 6.07) is 12.0. The van der Waals surface area contributed by atoms with Crippen LogP contribution in [-0.2, 0) is 4.74 Å². The number of aromatic nitrogens is 4. The van der Waals surface area contributed by atoms with Gasteiger partial charge in [-0.2, -0.15) is 5.10 Å². The van der Waals surface area contributed by atoms with Crippen LogP contribution in [0.1, 0.15) is 33.3 Å². The summed E-state index contributed by atoms with van der Waals surface area (Å²) in [4.78, 5) is 41.2. The minimum atomic E-state index is -0.419. The molecule has 9 heteroatoms. The average molecular weight is 405 g/mol. The molecule has 0 bridgehead atoms. The van der Waals surface area contributed by atoms with Crippen LogP contribution in [0.25, 0.3) is 16.7 Å². The average Bonchev–Trinajstić information content (AvgIpc) is 3.29. The molecule has 4 aromatic rings. The van der Waals surface area contributed by atoms with E-state index < -0.39 is 5.97 Å². The van der Waals surface area contributed by atoms with Crippen LogP contribution >= 0.6 is 0 Å². The van der Waals surface area contributed by atoms with Crippen LogP contribution in [0.5, 0.6) is 0 Å². The first-order chi connectivity index (χ1) is 14.5. The fourth-order valence-corrected chi connectivity index (χ4v) is 3.15. The summed E-state index contributed by atoms with van der Waals surface area (Å²) in [5, 5.41) is 7.05. The lowest BCUT2D eigenvalue weighted by molar-refractivity contribution is 0.0525. The molecule has 30 heavy (non-hydrogen) atoms. The van der Waals surface area contributed by atoms with Gasteiger partial charge in [-0.25, -0.2) is 14.3 Å². The van der Waals surface area contributed by atoms with Crippen molar-refractivity contribution in [2.75, 3.05) is 11.9 Å². The van der Waals surface area contributed by atoms with Crippen LogP contribution in [-0.4, -0.2) is 38.2 Å². The number of nitrogens with zero attached hydrogens (tertiary/aromatic N) is 2. The van der Waals surface area contributed by atoms with Gasteiger partial charge in [-0.05, 0) is 56.3 Å². The van der Waals surface area contributed by atoms with Crippen LogP contribution in [0.2, 0.25) is 0 Å². The number of H-pyrrole nitrogens is 2. The Morgan fingerprint density at radius 1 is 1.10 bits per heavy atom. The van der Waals surface area contributed by atoms with Gasteiger partial charge in [0.25, 0.3) is 5.91 Å². The van der Waals surface area contributed by atoms with Gasteiger partial charge in [-0.3, -0.25) is 4.79 Å². The van der Waals surface area contributed by atoms with E-state index in [1.807, 2.05) is 0 Å². The van der Waals surface area contributed by atoms with Crippen LogP contribution in [0.4, 0.5) is 5.69 Å². The van der Waals surface area contributed by atoms with Gasteiger partial charge in [0, 0.05) is 11.3 Å². The quantitative estimate of drug-likeness (QED) is 0.441. The van der Waals surface area contributed by atoms with Crippen LogP contribution < -0.4 is 11.0 Å². The van der Waals surface area contributed by atoms with E-state index in [1.165, 1.54) is 6.20 Å². The van der Waals surface area contributed by atoms with Gasteiger partial charge in [0.05, 0.1) is 35.2 Å². The Labute approximate surface area is 170 Å². The number of rotatable bonds is 5. The third-order valence-corrected chi connectivity index (χ3v) is 4.65. The van der Waals surface area contributed by atoms with E-state index in [1.54, 1.807) is 61.0 Å². The molecule has 0 atom stereocenters. The number of fused-ring (bicyclic) bond motifs is 1. The summed E-state index contributed by atoms with van der Waals surface area (Å²) in [6.07, 6.45) is 1.47. The molecular weight excluding hydrogens is 386 g/mol. The Hall–Kier alpha value is -4.14. The lowest BCUT2D eigenvalue weighted by atomic mass is 10.1. The van der Waals surface area contributed by atoms with Crippen molar-refractivity contribution in [2.24, 2.45) is 0 Å². The number of amides is 1. The third-order valence-electron chi connectivity index (χ3n) is 4.65. The fourth-order valence-electron chi connectivity index (χ4n) is 3.15. The molecule has 0 radical (unpaired) electrons. The molecule has 2 aromatic heterocycles. The summed E-state index contributed by atoms with van der Waals surface area (Å²) >= 11 is 0. The Morgan fingerprint density at radius 3 is 2.57 bits per heavy atom. The Balaban J connectivity index is 1.52. The third kappa shape index (κ3) is 3.60. The topological polar surface area (TPSA) is 122 Å². The van der Waals surface area contributed by atoms with E-state index >= 15 is 0 Å². The fraction of sp³-hybridized carbons (Fsp3) is 0.143. The van der Waals surface area contributed by atoms with Crippen molar-refractivity contribution in [3.05, 3.63) is 76.0 Å². The predicted molar refractivity (Wildman–Crippen MR) is 111 cm³/mol. The normalized spacial score (nSPS) is 10.9. The van der Waals surface area contributed by atoms with Crippen molar-refractivity contribution in [2.45, 2.75) is 13.8 Å². The predicted octanol–water partition coefficient (Wildman–Crippen LogP) is 2.78. The molecule has 2 aromatic carbocycles. The number of carbonyl (C=O) groups is 2. The molecule has 0 saturated carbocycles. The summed E-state index contributed by atoms with van der Waals surface area (Å²) in [6.45, 7) is 3.82. The number of esters is 1. The molecule has 0 aliphatic heterocycles. The molecular formula is C21H19N5O4. The largest absolute Gasteiger partial charge is 0.462 e. The van der Waals surface area contributed by atoms with Crippen LogP contribution in [0, 0.1) is 6.92 Å². The second-order valence-electron chi connectivity index (χ2n) is 6.62. The van der Waals surface area contributed by atoms with E-state index in [-0.39, 0.29) is 11.6 Å². The van der Waals surface area contributed by atoms with Crippen LogP contribution in [0.3, 0.4) is 0 Å². The highest BCUT2D eigenvalue weighted by Gasteiger charge is 2.16. The zero-order valence-corrected chi connectivity index (χ0v) is 16.4. The Kier molecular flexibility index (Phi) is 4.93. The first kappa shape index (κ1) is 19.2. The van der Waals surface area contributed by atoms with E-state index in [0.29, 0.717) is 45.8 Å². The Bertz CT molecular complexity index is 1300. The molecule has 0 spiro atoms. The van der Waals surface area contributed by atoms with Gasteiger partial charge < -0.3 is 20.0 Å². The highest BCUT2D eigenvalue weighted by Crippen LogP contribution is 2.18. The van der Waals surface area contributed by atoms with Crippen LogP contribution in [0.15, 0.2) is 53.5 Å². The first-order valence-corrected chi connectivity index (χ1v) is 9.32. The van der Waals surface area contributed by atoms with Gasteiger partial charge in [0.1, 0.15) is 5.56 Å². The number of ether oxygens (including phenoxy) is 1.